The Morgan fingerprint density at radius 1 is 1.38 bits per heavy atom. The maximum Gasteiger partial charge on any atom is 0.246 e. The number of carbonyl (C=O) groups is 1. The molecule has 0 radical (unpaired) electrons. The summed E-state index contributed by atoms with van der Waals surface area (Å²) in [4.78, 5) is 26.5. The Balaban J connectivity index is 1.47. The number of aromatic nitrogens is 4. The highest BCUT2D eigenvalue weighted by Gasteiger charge is 2.27. The van der Waals surface area contributed by atoms with Crippen LogP contribution in [0, 0.1) is 23.6 Å². The lowest BCUT2D eigenvalue weighted by Gasteiger charge is -2.32. The number of fused-ring (bicyclic) bond motifs is 1. The van der Waals surface area contributed by atoms with Crippen LogP contribution in [0.15, 0.2) is 54.4 Å². The summed E-state index contributed by atoms with van der Waals surface area (Å²) >= 11 is 0. The zero-order chi connectivity index (χ0) is 28.5. The summed E-state index contributed by atoms with van der Waals surface area (Å²) in [5, 5.41) is 5.19. The van der Waals surface area contributed by atoms with Gasteiger partial charge < -0.3 is 20.1 Å². The second-order valence-corrected chi connectivity index (χ2v) is 9.29. The van der Waals surface area contributed by atoms with Gasteiger partial charge in [-0.2, -0.15) is 5.10 Å². The highest BCUT2D eigenvalue weighted by atomic mass is 19.1. The van der Waals surface area contributed by atoms with Crippen molar-refractivity contribution in [2.45, 2.75) is 32.7 Å². The number of nitrogens with zero attached hydrogens (tertiary/aromatic N) is 6. The molecule has 4 rings (SSSR count). The fourth-order valence-corrected chi connectivity index (χ4v) is 4.29. The lowest BCUT2D eigenvalue weighted by molar-refractivity contribution is -0.127. The molecule has 0 spiro atoms. The maximum atomic E-state index is 14.4. The van der Waals surface area contributed by atoms with Crippen LogP contribution in [0.4, 0.5) is 10.2 Å². The molecule has 10 nitrogen and oxygen atoms in total. The molecule has 3 aromatic rings. The first-order valence-electron chi connectivity index (χ1n) is 13.0. The molecular weight excluding hydrogens is 513 g/mol. The van der Waals surface area contributed by atoms with E-state index in [1.54, 1.807) is 28.1 Å². The number of benzene rings is 1. The number of nitrogens with two attached hydrogens (primary N) is 1. The Morgan fingerprint density at radius 2 is 2.23 bits per heavy atom. The largest absolute Gasteiger partial charge is 0.493 e. The maximum absolute atomic E-state index is 14.4. The van der Waals surface area contributed by atoms with Crippen molar-refractivity contribution in [1.82, 2.24) is 24.6 Å². The summed E-state index contributed by atoms with van der Waals surface area (Å²) < 4.78 is 27.5. The van der Waals surface area contributed by atoms with Crippen molar-refractivity contribution < 1.29 is 18.7 Å². The molecule has 1 aromatic carbocycles. The van der Waals surface area contributed by atoms with Crippen molar-refractivity contribution in [2.24, 2.45) is 10.9 Å². The van der Waals surface area contributed by atoms with E-state index < -0.39 is 5.82 Å². The fraction of sp³-hybridized carbons (Fsp3) is 0.345. The van der Waals surface area contributed by atoms with Crippen molar-refractivity contribution in [2.75, 3.05) is 32.0 Å². The Labute approximate surface area is 232 Å². The highest BCUT2D eigenvalue weighted by molar-refractivity contribution is 5.90. The van der Waals surface area contributed by atoms with Crippen LogP contribution >= 0.6 is 0 Å². The number of amides is 1. The van der Waals surface area contributed by atoms with E-state index in [-0.39, 0.29) is 36.0 Å². The molecule has 1 fully saturated rings. The van der Waals surface area contributed by atoms with Crippen molar-refractivity contribution >= 4 is 29.0 Å². The number of anilines is 1. The first kappa shape index (κ1) is 28.3. The summed E-state index contributed by atoms with van der Waals surface area (Å²) in [6.45, 7) is 8.86. The van der Waals surface area contributed by atoms with Crippen LogP contribution in [0.5, 0.6) is 11.5 Å². The van der Waals surface area contributed by atoms with E-state index in [0.717, 1.165) is 12.8 Å². The summed E-state index contributed by atoms with van der Waals surface area (Å²) in [6, 6.07) is 4.21. The number of aliphatic imine (C=N–C) groups is 1. The number of allylic oxidation sites excluding steroid dienone is 1. The van der Waals surface area contributed by atoms with Crippen LogP contribution in [0.2, 0.25) is 0 Å². The third-order valence-electron chi connectivity index (χ3n) is 6.24. The second-order valence-electron chi connectivity index (χ2n) is 9.29. The summed E-state index contributed by atoms with van der Waals surface area (Å²) in [5.74, 6) is 6.01. The van der Waals surface area contributed by atoms with Crippen molar-refractivity contribution in [3.8, 4) is 23.3 Å². The number of hydrogen-bond donors (Lipinski definition) is 1. The van der Waals surface area contributed by atoms with Gasteiger partial charge in [0.25, 0.3) is 0 Å². The topological polar surface area (TPSA) is 121 Å². The lowest BCUT2D eigenvalue weighted by atomic mass is 10.1. The van der Waals surface area contributed by atoms with Gasteiger partial charge in [0.1, 0.15) is 30.2 Å². The van der Waals surface area contributed by atoms with Gasteiger partial charge in [-0.05, 0) is 43.9 Å². The van der Waals surface area contributed by atoms with E-state index in [0.29, 0.717) is 42.2 Å². The molecule has 0 unspecified atom stereocenters. The molecule has 1 saturated heterocycles. The molecule has 11 heteroatoms. The van der Waals surface area contributed by atoms with E-state index in [9.17, 15) is 9.18 Å². The van der Waals surface area contributed by atoms with E-state index in [4.69, 9.17) is 15.2 Å². The number of piperidine rings is 1. The Morgan fingerprint density at radius 3 is 3.02 bits per heavy atom. The fourth-order valence-electron chi connectivity index (χ4n) is 4.29. The van der Waals surface area contributed by atoms with Gasteiger partial charge in [0.2, 0.25) is 5.91 Å². The smallest absolute Gasteiger partial charge is 0.246 e. The molecule has 1 amide bonds. The predicted octanol–water partition coefficient (Wildman–Crippen LogP) is 3.95. The quantitative estimate of drug-likeness (QED) is 0.246. The van der Waals surface area contributed by atoms with E-state index in [1.807, 2.05) is 19.9 Å². The lowest BCUT2D eigenvalue weighted by Crippen LogP contribution is -2.40. The normalized spacial score (nSPS) is 16.2. The number of likely N-dealkylation sites (tertiary alicyclic amines) is 1. The molecule has 40 heavy (non-hydrogen) atoms. The van der Waals surface area contributed by atoms with Gasteiger partial charge in [0.05, 0.1) is 18.0 Å². The predicted molar refractivity (Wildman–Crippen MR) is 152 cm³/mol. The molecule has 3 heterocycles. The Hall–Kier alpha value is -4.72. The number of ether oxygens (including phenoxy) is 2. The van der Waals surface area contributed by atoms with Gasteiger partial charge in [-0.15, -0.1) is 0 Å². The molecule has 0 saturated carbocycles. The average molecular weight is 546 g/mol. The molecule has 0 aliphatic carbocycles. The second kappa shape index (κ2) is 13.4. The molecule has 2 aromatic heterocycles. The number of carbonyl (C=O) groups excluding carboxylic acids is 1. The van der Waals surface area contributed by atoms with Crippen molar-refractivity contribution in [3.63, 3.8) is 0 Å². The molecule has 2 atom stereocenters. The minimum absolute atomic E-state index is 0.0226. The molecule has 0 bridgehead atoms. The van der Waals surface area contributed by atoms with Gasteiger partial charge >= 0.3 is 0 Å². The number of hydrogen-bond acceptors (Lipinski definition) is 8. The van der Waals surface area contributed by atoms with Crippen LogP contribution in [0.25, 0.3) is 11.0 Å². The number of rotatable bonds is 9. The zero-order valence-electron chi connectivity index (χ0n) is 22.6. The number of nitrogen functional groups attached to an aromatic ring is 1. The van der Waals surface area contributed by atoms with Crippen LogP contribution in [0.3, 0.4) is 0 Å². The summed E-state index contributed by atoms with van der Waals surface area (Å²) in [5.41, 5.74) is 7.08. The van der Waals surface area contributed by atoms with Crippen molar-refractivity contribution in [3.05, 3.63) is 61.0 Å². The third kappa shape index (κ3) is 6.83. The van der Waals surface area contributed by atoms with E-state index >= 15 is 0 Å². The molecule has 208 valence electrons. The Kier molecular flexibility index (Phi) is 9.46. The van der Waals surface area contributed by atoms with Crippen LogP contribution < -0.4 is 15.2 Å². The number of halogens is 1. The van der Waals surface area contributed by atoms with Crippen LogP contribution in [-0.2, 0) is 4.79 Å². The van der Waals surface area contributed by atoms with Crippen molar-refractivity contribution in [1.29, 1.82) is 0 Å². The highest BCUT2D eigenvalue weighted by Crippen LogP contribution is 2.28. The molecule has 1 aliphatic rings. The Bertz CT molecular complexity index is 1490. The average Bonchev–Trinajstić information content (AvgIpc) is 3.35. The summed E-state index contributed by atoms with van der Waals surface area (Å²) in [6.07, 6.45) is 9.64. The van der Waals surface area contributed by atoms with Crippen LogP contribution in [-0.4, -0.2) is 63.1 Å². The van der Waals surface area contributed by atoms with E-state index in [1.165, 1.54) is 24.5 Å². The van der Waals surface area contributed by atoms with Gasteiger partial charge in [0, 0.05) is 37.5 Å². The van der Waals surface area contributed by atoms with Gasteiger partial charge in [-0.1, -0.05) is 25.5 Å². The van der Waals surface area contributed by atoms with Gasteiger partial charge in [-0.25, -0.2) is 19.0 Å². The molecule has 2 N–H and O–H groups in total. The third-order valence-corrected chi connectivity index (χ3v) is 6.24. The van der Waals surface area contributed by atoms with Crippen LogP contribution in [0.1, 0.15) is 38.4 Å². The monoisotopic (exact) mass is 545 g/mol. The first-order chi connectivity index (χ1) is 19.4. The zero-order valence-corrected chi connectivity index (χ0v) is 22.6. The first-order valence-corrected chi connectivity index (χ1v) is 13.0. The SMILES string of the molecule is C=CC(=O)N1CCC[C@@H](n2nc(C#CCOc3cc(OC[C@H](C)C=N/C=C\C)ccc3F)c3c(N)ncnc32)C1. The summed E-state index contributed by atoms with van der Waals surface area (Å²) in [7, 11) is 0. The molecular formula is C29H32FN7O3. The standard InChI is InChI=1S/C29H32FN7O3/c1-4-12-32-16-20(3)18-40-22-10-11-23(30)25(15-22)39-14-7-9-24-27-28(31)33-19-34-29(27)37(35-24)21-8-6-13-36(17-21)26(38)5-2/h4-5,10-12,15-16,19-21H,2,6,8,13-14,17-18H2,1,3H3,(H2,31,33,34)/b12-4-,32-16?/t20-,21-/m1/s1. The minimum atomic E-state index is -0.528. The minimum Gasteiger partial charge on any atom is -0.493 e. The van der Waals surface area contributed by atoms with Gasteiger partial charge in [0.15, 0.2) is 17.2 Å². The molecule has 1 aliphatic heterocycles. The van der Waals surface area contributed by atoms with Gasteiger partial charge in [-0.3, -0.25) is 9.79 Å². The van der Waals surface area contributed by atoms with E-state index in [2.05, 4.69) is 38.5 Å².